The quantitative estimate of drug-likeness (QED) is 0.398. The lowest BCUT2D eigenvalue weighted by Gasteiger charge is -2.18. The van der Waals surface area contributed by atoms with Gasteiger partial charge in [0.1, 0.15) is 5.01 Å². The largest absolute Gasteiger partial charge is 0.357 e. The lowest BCUT2D eigenvalue weighted by molar-refractivity contribution is -0.129. The Bertz CT molecular complexity index is 555. The minimum atomic E-state index is 0. The zero-order chi connectivity index (χ0) is 16.8. The summed E-state index contributed by atoms with van der Waals surface area (Å²) in [5, 5.41) is 7.74. The van der Waals surface area contributed by atoms with Crippen LogP contribution < -0.4 is 10.6 Å². The Kier molecular flexibility index (Phi) is 8.96. The van der Waals surface area contributed by atoms with E-state index in [9.17, 15) is 4.79 Å². The second-order valence-electron chi connectivity index (χ2n) is 5.77. The van der Waals surface area contributed by atoms with Gasteiger partial charge in [0, 0.05) is 37.0 Å². The minimum Gasteiger partial charge on any atom is -0.357 e. The van der Waals surface area contributed by atoms with Gasteiger partial charge in [-0.05, 0) is 27.2 Å². The number of rotatable bonds is 5. The van der Waals surface area contributed by atoms with Gasteiger partial charge in [-0.3, -0.25) is 4.79 Å². The van der Waals surface area contributed by atoms with E-state index in [1.165, 1.54) is 4.88 Å². The first kappa shape index (κ1) is 21.1. The normalized spacial score (nSPS) is 17.6. The Balaban J connectivity index is 0.00000288. The predicted molar refractivity (Wildman–Crippen MR) is 110 cm³/mol. The molecule has 0 saturated carbocycles. The molecular formula is C16H28IN5OS. The molecule has 1 unspecified atom stereocenters. The molecule has 1 aromatic heterocycles. The van der Waals surface area contributed by atoms with Crippen molar-refractivity contribution in [2.45, 2.75) is 53.1 Å². The lowest BCUT2D eigenvalue weighted by atomic mass is 10.3. The van der Waals surface area contributed by atoms with E-state index in [1.54, 1.807) is 11.3 Å². The van der Waals surface area contributed by atoms with Crippen LogP contribution in [-0.4, -0.2) is 47.4 Å². The van der Waals surface area contributed by atoms with Crippen LogP contribution in [0.1, 0.15) is 42.3 Å². The molecule has 2 N–H and O–H groups in total. The third-order valence-corrected chi connectivity index (χ3v) is 5.03. The number of carbonyl (C=O) groups excluding carboxylic acids is 1. The fourth-order valence-electron chi connectivity index (χ4n) is 2.60. The third-order valence-electron chi connectivity index (χ3n) is 3.97. The van der Waals surface area contributed by atoms with Crippen LogP contribution in [0.15, 0.2) is 4.99 Å². The highest BCUT2D eigenvalue weighted by molar-refractivity contribution is 14.0. The molecule has 0 aromatic carbocycles. The number of aromatic nitrogens is 1. The molecule has 1 amide bonds. The molecule has 1 atom stereocenters. The molecule has 1 aliphatic rings. The van der Waals surface area contributed by atoms with Crippen LogP contribution >= 0.6 is 35.3 Å². The summed E-state index contributed by atoms with van der Waals surface area (Å²) in [7, 11) is 0. The summed E-state index contributed by atoms with van der Waals surface area (Å²) in [5.41, 5.74) is 1.09. The first-order chi connectivity index (χ1) is 11.0. The van der Waals surface area contributed by atoms with Crippen molar-refractivity contribution in [2.75, 3.05) is 19.6 Å². The highest BCUT2D eigenvalue weighted by atomic mass is 127. The van der Waals surface area contributed by atoms with Crippen molar-refractivity contribution < 1.29 is 4.79 Å². The minimum absolute atomic E-state index is 0. The molecule has 8 heteroatoms. The maximum atomic E-state index is 11.8. The highest BCUT2D eigenvalue weighted by Gasteiger charge is 2.25. The third kappa shape index (κ3) is 5.87. The van der Waals surface area contributed by atoms with Crippen LogP contribution in [0, 0.1) is 13.8 Å². The van der Waals surface area contributed by atoms with E-state index in [1.807, 2.05) is 18.7 Å². The number of aliphatic imine (C=N–C) groups is 1. The van der Waals surface area contributed by atoms with Crippen molar-refractivity contribution in [3.63, 3.8) is 0 Å². The second-order valence-corrected chi connectivity index (χ2v) is 7.06. The van der Waals surface area contributed by atoms with Gasteiger partial charge in [-0.2, -0.15) is 0 Å². The summed E-state index contributed by atoms with van der Waals surface area (Å²) < 4.78 is 0. The molecule has 0 bridgehead atoms. The number of hydrogen-bond donors (Lipinski definition) is 2. The molecule has 24 heavy (non-hydrogen) atoms. The van der Waals surface area contributed by atoms with Crippen molar-refractivity contribution in [3.05, 3.63) is 15.6 Å². The number of carbonyl (C=O) groups is 1. The summed E-state index contributed by atoms with van der Waals surface area (Å²) >= 11 is 1.70. The predicted octanol–water partition coefficient (Wildman–Crippen LogP) is 2.44. The summed E-state index contributed by atoms with van der Waals surface area (Å²) in [4.78, 5) is 24.1. The number of hydrogen-bond acceptors (Lipinski definition) is 4. The van der Waals surface area contributed by atoms with Crippen LogP contribution in [-0.2, 0) is 11.3 Å². The van der Waals surface area contributed by atoms with Gasteiger partial charge in [0.2, 0.25) is 5.91 Å². The number of likely N-dealkylation sites (tertiary alicyclic amines) is 1. The number of nitrogens with one attached hydrogen (secondary N) is 2. The summed E-state index contributed by atoms with van der Waals surface area (Å²) in [6.07, 6.45) is 1.54. The topological polar surface area (TPSA) is 69.6 Å². The van der Waals surface area contributed by atoms with Crippen LogP contribution in [0.5, 0.6) is 0 Å². The Hall–Kier alpha value is -0.900. The van der Waals surface area contributed by atoms with Crippen molar-refractivity contribution in [2.24, 2.45) is 4.99 Å². The van der Waals surface area contributed by atoms with Gasteiger partial charge in [0.05, 0.1) is 12.2 Å². The molecule has 1 aliphatic heterocycles. The number of guanidine groups is 1. The molecule has 1 saturated heterocycles. The van der Waals surface area contributed by atoms with E-state index in [-0.39, 0.29) is 35.9 Å². The van der Waals surface area contributed by atoms with Crippen molar-refractivity contribution in [1.82, 2.24) is 20.5 Å². The maximum Gasteiger partial charge on any atom is 0.222 e. The molecule has 136 valence electrons. The Morgan fingerprint density at radius 1 is 1.42 bits per heavy atom. The summed E-state index contributed by atoms with van der Waals surface area (Å²) in [6.45, 7) is 11.1. The average molecular weight is 465 g/mol. The standard InChI is InChI=1S/C16H27N5OS.HI/c1-5-15(22)21-8-7-13(10-21)20-16(17-6-2)18-9-14-19-11(3)12(4)23-14;/h13H,5-10H2,1-4H3,(H2,17,18,20);1H. The van der Waals surface area contributed by atoms with Crippen LogP contribution in [0.4, 0.5) is 0 Å². The van der Waals surface area contributed by atoms with Crippen molar-refractivity contribution in [3.8, 4) is 0 Å². The molecule has 2 rings (SSSR count). The molecule has 0 spiro atoms. The fraction of sp³-hybridized carbons (Fsp3) is 0.688. The van der Waals surface area contributed by atoms with E-state index >= 15 is 0 Å². The van der Waals surface area contributed by atoms with E-state index in [0.717, 1.165) is 42.7 Å². The van der Waals surface area contributed by atoms with Crippen molar-refractivity contribution in [1.29, 1.82) is 0 Å². The highest BCUT2D eigenvalue weighted by Crippen LogP contribution is 2.17. The molecular weight excluding hydrogens is 437 g/mol. The van der Waals surface area contributed by atoms with Gasteiger partial charge < -0.3 is 15.5 Å². The van der Waals surface area contributed by atoms with Gasteiger partial charge in [0.25, 0.3) is 0 Å². The number of nitrogens with zero attached hydrogens (tertiary/aromatic N) is 3. The SMILES string of the molecule is CCNC(=NCc1nc(C)c(C)s1)NC1CCN(C(=O)CC)C1.I. The lowest BCUT2D eigenvalue weighted by Crippen LogP contribution is -2.45. The van der Waals surface area contributed by atoms with Gasteiger partial charge in [-0.1, -0.05) is 6.92 Å². The number of halogens is 1. The van der Waals surface area contributed by atoms with Crippen LogP contribution in [0.25, 0.3) is 0 Å². The maximum absolute atomic E-state index is 11.8. The fourth-order valence-corrected chi connectivity index (χ4v) is 3.45. The monoisotopic (exact) mass is 465 g/mol. The van der Waals surface area contributed by atoms with Crippen LogP contribution in [0.2, 0.25) is 0 Å². The van der Waals surface area contributed by atoms with Gasteiger partial charge in [-0.25, -0.2) is 9.98 Å². The molecule has 1 aromatic rings. The summed E-state index contributed by atoms with van der Waals surface area (Å²) in [5.74, 6) is 1.03. The molecule has 1 fully saturated rings. The molecule has 0 aliphatic carbocycles. The van der Waals surface area contributed by atoms with Crippen LogP contribution in [0.3, 0.4) is 0 Å². The molecule has 6 nitrogen and oxygen atoms in total. The number of aryl methyl sites for hydroxylation is 2. The number of thiazole rings is 1. The summed E-state index contributed by atoms with van der Waals surface area (Å²) in [6, 6.07) is 0.267. The number of amides is 1. The van der Waals surface area contributed by atoms with Gasteiger partial charge >= 0.3 is 0 Å². The first-order valence-corrected chi connectivity index (χ1v) is 9.10. The van der Waals surface area contributed by atoms with Crippen molar-refractivity contribution >= 4 is 47.2 Å². The Labute approximate surface area is 165 Å². The Morgan fingerprint density at radius 2 is 2.17 bits per heavy atom. The molecule has 0 radical (unpaired) electrons. The van der Waals surface area contributed by atoms with E-state index < -0.39 is 0 Å². The van der Waals surface area contributed by atoms with E-state index in [0.29, 0.717) is 13.0 Å². The second kappa shape index (κ2) is 10.2. The van der Waals surface area contributed by atoms with Gasteiger partial charge in [0.15, 0.2) is 5.96 Å². The first-order valence-electron chi connectivity index (χ1n) is 8.29. The van der Waals surface area contributed by atoms with Gasteiger partial charge in [-0.15, -0.1) is 35.3 Å². The Morgan fingerprint density at radius 3 is 2.75 bits per heavy atom. The smallest absolute Gasteiger partial charge is 0.222 e. The van der Waals surface area contributed by atoms with E-state index in [4.69, 9.17) is 0 Å². The van der Waals surface area contributed by atoms with E-state index in [2.05, 4.69) is 34.5 Å². The zero-order valence-corrected chi connectivity index (χ0v) is 18.0. The molecule has 2 heterocycles. The zero-order valence-electron chi connectivity index (χ0n) is 14.9. The average Bonchev–Trinajstić information content (AvgIpc) is 3.11.